The van der Waals surface area contributed by atoms with Crippen LogP contribution in [0, 0.1) is 0 Å². The predicted octanol–water partition coefficient (Wildman–Crippen LogP) is 3.83. The van der Waals surface area contributed by atoms with Crippen molar-refractivity contribution in [2.24, 2.45) is 0 Å². The highest BCUT2D eigenvalue weighted by Crippen LogP contribution is 2.16. The van der Waals surface area contributed by atoms with Crippen LogP contribution < -0.4 is 5.32 Å². The molecule has 1 aromatic carbocycles. The van der Waals surface area contributed by atoms with Gasteiger partial charge >= 0.3 is 0 Å². The summed E-state index contributed by atoms with van der Waals surface area (Å²) in [4.78, 5) is 2.46. The van der Waals surface area contributed by atoms with Crippen molar-refractivity contribution in [2.45, 2.75) is 33.2 Å². The van der Waals surface area contributed by atoms with Crippen LogP contribution in [0.25, 0.3) is 0 Å². The number of halogens is 1. The van der Waals surface area contributed by atoms with Crippen LogP contribution in [0.2, 0.25) is 0 Å². The number of rotatable bonds is 8. The van der Waals surface area contributed by atoms with Crippen LogP contribution in [0.15, 0.2) is 28.7 Å². The topological polar surface area (TPSA) is 15.3 Å². The average molecular weight is 313 g/mol. The van der Waals surface area contributed by atoms with Gasteiger partial charge in [-0.15, -0.1) is 0 Å². The molecule has 0 heterocycles. The van der Waals surface area contributed by atoms with Crippen LogP contribution in [-0.4, -0.2) is 31.1 Å². The molecule has 3 heteroatoms. The molecule has 0 radical (unpaired) electrons. The maximum Gasteiger partial charge on any atom is 0.0291 e. The molecule has 1 unspecified atom stereocenters. The second-order valence-electron chi connectivity index (χ2n) is 4.61. The zero-order valence-corrected chi connectivity index (χ0v) is 13.3. The van der Waals surface area contributed by atoms with Gasteiger partial charge in [-0.25, -0.2) is 0 Å². The molecule has 0 aromatic heterocycles. The van der Waals surface area contributed by atoms with Gasteiger partial charge in [0.1, 0.15) is 0 Å². The van der Waals surface area contributed by atoms with E-state index < -0.39 is 0 Å². The van der Waals surface area contributed by atoms with Gasteiger partial charge in [-0.1, -0.05) is 41.9 Å². The molecule has 0 aliphatic carbocycles. The standard InChI is InChI=1S/C15H25BrN2/c1-4-18(5-2)12-6-11-17-13(3)14-7-9-15(16)10-8-14/h7-10,13,17H,4-6,11-12H2,1-3H3. The third kappa shape index (κ3) is 5.51. The van der Waals surface area contributed by atoms with E-state index >= 15 is 0 Å². The highest BCUT2D eigenvalue weighted by atomic mass is 79.9. The lowest BCUT2D eigenvalue weighted by Crippen LogP contribution is -2.28. The molecule has 0 spiro atoms. The first-order chi connectivity index (χ1) is 8.67. The molecule has 0 fully saturated rings. The number of hydrogen-bond donors (Lipinski definition) is 1. The predicted molar refractivity (Wildman–Crippen MR) is 83.0 cm³/mol. The minimum Gasteiger partial charge on any atom is -0.310 e. The summed E-state index contributed by atoms with van der Waals surface area (Å²) in [6.07, 6.45) is 1.21. The molecule has 1 N–H and O–H groups in total. The fourth-order valence-electron chi connectivity index (χ4n) is 2.03. The van der Waals surface area contributed by atoms with Crippen LogP contribution in [-0.2, 0) is 0 Å². The second-order valence-corrected chi connectivity index (χ2v) is 5.52. The molecule has 0 aliphatic rings. The van der Waals surface area contributed by atoms with Crippen LogP contribution in [0.1, 0.15) is 38.8 Å². The molecule has 0 aliphatic heterocycles. The van der Waals surface area contributed by atoms with Crippen molar-refractivity contribution in [2.75, 3.05) is 26.2 Å². The lowest BCUT2D eigenvalue weighted by Gasteiger charge is -2.19. The number of benzene rings is 1. The van der Waals surface area contributed by atoms with Crippen molar-refractivity contribution in [3.8, 4) is 0 Å². The van der Waals surface area contributed by atoms with Crippen molar-refractivity contribution < 1.29 is 0 Å². The average Bonchev–Trinajstić information content (AvgIpc) is 2.39. The van der Waals surface area contributed by atoms with Gasteiger partial charge in [-0.3, -0.25) is 0 Å². The Balaban J connectivity index is 2.25. The summed E-state index contributed by atoms with van der Waals surface area (Å²) in [6, 6.07) is 8.97. The summed E-state index contributed by atoms with van der Waals surface area (Å²) in [6.45, 7) is 11.2. The van der Waals surface area contributed by atoms with Gasteiger partial charge in [-0.2, -0.15) is 0 Å². The fraction of sp³-hybridized carbons (Fsp3) is 0.600. The van der Waals surface area contributed by atoms with Crippen molar-refractivity contribution >= 4 is 15.9 Å². The molecule has 102 valence electrons. The Bertz CT molecular complexity index is 320. The van der Waals surface area contributed by atoms with E-state index in [2.05, 4.69) is 71.2 Å². The highest BCUT2D eigenvalue weighted by molar-refractivity contribution is 9.10. The summed E-state index contributed by atoms with van der Waals surface area (Å²) in [5.41, 5.74) is 1.35. The highest BCUT2D eigenvalue weighted by Gasteiger charge is 2.04. The summed E-state index contributed by atoms with van der Waals surface area (Å²) in [5, 5.41) is 3.58. The quantitative estimate of drug-likeness (QED) is 0.734. The Labute approximate surface area is 120 Å². The molecule has 2 nitrogen and oxygen atoms in total. The van der Waals surface area contributed by atoms with E-state index in [0.29, 0.717) is 6.04 Å². The van der Waals surface area contributed by atoms with Crippen molar-refractivity contribution in [1.29, 1.82) is 0 Å². The van der Waals surface area contributed by atoms with E-state index in [9.17, 15) is 0 Å². The first-order valence-corrected chi connectivity index (χ1v) is 7.67. The molecular weight excluding hydrogens is 288 g/mol. The Morgan fingerprint density at radius 1 is 1.17 bits per heavy atom. The van der Waals surface area contributed by atoms with Crippen LogP contribution in [0.5, 0.6) is 0 Å². The zero-order chi connectivity index (χ0) is 13.4. The molecule has 1 rings (SSSR count). The van der Waals surface area contributed by atoms with E-state index in [1.165, 1.54) is 18.5 Å². The van der Waals surface area contributed by atoms with Gasteiger partial charge in [0.25, 0.3) is 0 Å². The number of nitrogens with zero attached hydrogens (tertiary/aromatic N) is 1. The van der Waals surface area contributed by atoms with Crippen molar-refractivity contribution in [3.63, 3.8) is 0 Å². The van der Waals surface area contributed by atoms with E-state index in [1.54, 1.807) is 0 Å². The monoisotopic (exact) mass is 312 g/mol. The normalized spacial score (nSPS) is 12.9. The van der Waals surface area contributed by atoms with E-state index in [-0.39, 0.29) is 0 Å². The Morgan fingerprint density at radius 3 is 2.33 bits per heavy atom. The summed E-state index contributed by atoms with van der Waals surface area (Å²) in [7, 11) is 0. The lowest BCUT2D eigenvalue weighted by molar-refractivity contribution is 0.296. The van der Waals surface area contributed by atoms with Crippen LogP contribution >= 0.6 is 15.9 Å². The van der Waals surface area contributed by atoms with E-state index in [1.807, 2.05) is 0 Å². The van der Waals surface area contributed by atoms with Gasteiger partial charge < -0.3 is 10.2 Å². The summed E-state index contributed by atoms with van der Waals surface area (Å²) < 4.78 is 1.14. The van der Waals surface area contributed by atoms with Crippen molar-refractivity contribution in [3.05, 3.63) is 34.3 Å². The van der Waals surface area contributed by atoms with Crippen LogP contribution in [0.4, 0.5) is 0 Å². The first-order valence-electron chi connectivity index (χ1n) is 6.88. The largest absolute Gasteiger partial charge is 0.310 e. The van der Waals surface area contributed by atoms with Crippen molar-refractivity contribution in [1.82, 2.24) is 10.2 Å². The minimum absolute atomic E-state index is 0.426. The smallest absolute Gasteiger partial charge is 0.0291 e. The molecule has 0 saturated carbocycles. The number of nitrogens with one attached hydrogen (secondary N) is 1. The van der Waals surface area contributed by atoms with Gasteiger partial charge in [0.2, 0.25) is 0 Å². The first kappa shape index (κ1) is 15.7. The lowest BCUT2D eigenvalue weighted by atomic mass is 10.1. The third-order valence-electron chi connectivity index (χ3n) is 3.37. The van der Waals surface area contributed by atoms with Gasteiger partial charge in [0, 0.05) is 10.5 Å². The number of hydrogen-bond acceptors (Lipinski definition) is 2. The second kappa shape index (κ2) is 8.68. The molecule has 18 heavy (non-hydrogen) atoms. The van der Waals surface area contributed by atoms with Gasteiger partial charge in [-0.05, 0) is 57.2 Å². The fourth-order valence-corrected chi connectivity index (χ4v) is 2.29. The minimum atomic E-state index is 0.426. The van der Waals surface area contributed by atoms with Gasteiger partial charge in [0.15, 0.2) is 0 Å². The molecular formula is C15H25BrN2. The summed E-state index contributed by atoms with van der Waals surface area (Å²) >= 11 is 3.46. The van der Waals surface area contributed by atoms with Gasteiger partial charge in [0.05, 0.1) is 0 Å². The molecule has 0 amide bonds. The Morgan fingerprint density at radius 2 is 1.78 bits per heavy atom. The van der Waals surface area contributed by atoms with E-state index in [0.717, 1.165) is 24.1 Å². The third-order valence-corrected chi connectivity index (χ3v) is 3.89. The Kier molecular flexibility index (Phi) is 7.56. The molecule has 0 bridgehead atoms. The molecule has 1 atom stereocenters. The maximum atomic E-state index is 3.58. The van der Waals surface area contributed by atoms with Crippen LogP contribution in [0.3, 0.4) is 0 Å². The maximum absolute atomic E-state index is 3.58. The molecule has 0 saturated heterocycles. The zero-order valence-electron chi connectivity index (χ0n) is 11.7. The van der Waals surface area contributed by atoms with E-state index in [4.69, 9.17) is 0 Å². The molecule has 1 aromatic rings. The Hall–Kier alpha value is -0.380. The SMILES string of the molecule is CCN(CC)CCCNC(C)c1ccc(Br)cc1. The summed E-state index contributed by atoms with van der Waals surface area (Å²) in [5.74, 6) is 0.